The summed E-state index contributed by atoms with van der Waals surface area (Å²) in [5.41, 5.74) is 1.35. The molecule has 0 aliphatic heterocycles. The molecule has 122 valence electrons. The number of nitrogens with one attached hydrogen (secondary N) is 1. The molecular weight excluding hydrogens is 324 g/mol. The van der Waals surface area contributed by atoms with E-state index in [4.69, 9.17) is 16.3 Å². The van der Waals surface area contributed by atoms with Crippen molar-refractivity contribution in [1.82, 2.24) is 0 Å². The first kappa shape index (κ1) is 17.6. The first-order valence-electron chi connectivity index (χ1n) is 7.54. The second-order valence-corrected chi connectivity index (χ2v) is 5.48. The fraction of sp³-hybridized carbons (Fsp3) is 0.158. The van der Waals surface area contributed by atoms with Gasteiger partial charge in [0.05, 0.1) is 6.61 Å². The van der Waals surface area contributed by atoms with Gasteiger partial charge in [0.2, 0.25) is 0 Å². The lowest BCUT2D eigenvalue weighted by Gasteiger charge is -2.05. The van der Waals surface area contributed by atoms with E-state index >= 15 is 0 Å². The van der Waals surface area contributed by atoms with Crippen molar-refractivity contribution in [3.05, 3.63) is 64.7 Å². The topological polar surface area (TPSA) is 62.1 Å². The molecule has 0 atom stereocenters. The van der Waals surface area contributed by atoms with Crippen LogP contribution in [0, 0.1) is 11.3 Å². The molecule has 1 N–H and O–H groups in total. The van der Waals surface area contributed by atoms with Gasteiger partial charge in [-0.1, -0.05) is 30.7 Å². The summed E-state index contributed by atoms with van der Waals surface area (Å²) in [6, 6.07) is 15.8. The Labute approximate surface area is 146 Å². The van der Waals surface area contributed by atoms with Crippen LogP contribution in [0.4, 0.5) is 5.69 Å². The maximum atomic E-state index is 12.2. The maximum absolute atomic E-state index is 12.2. The van der Waals surface area contributed by atoms with E-state index in [1.54, 1.807) is 36.4 Å². The lowest BCUT2D eigenvalue weighted by Crippen LogP contribution is -2.13. The Morgan fingerprint density at radius 1 is 1.21 bits per heavy atom. The van der Waals surface area contributed by atoms with Crippen LogP contribution in [-0.4, -0.2) is 12.5 Å². The minimum Gasteiger partial charge on any atom is -0.494 e. The SMILES string of the molecule is CCCOc1ccc(/C=C(\C#N)C(=O)Nc2ccc(Cl)cc2)cc1. The molecule has 0 aliphatic rings. The van der Waals surface area contributed by atoms with Gasteiger partial charge < -0.3 is 10.1 Å². The van der Waals surface area contributed by atoms with Crippen molar-refractivity contribution in [2.75, 3.05) is 11.9 Å². The van der Waals surface area contributed by atoms with Crippen LogP contribution < -0.4 is 10.1 Å². The summed E-state index contributed by atoms with van der Waals surface area (Å²) in [5, 5.41) is 12.5. The maximum Gasteiger partial charge on any atom is 0.266 e. The lowest BCUT2D eigenvalue weighted by molar-refractivity contribution is -0.112. The highest BCUT2D eigenvalue weighted by molar-refractivity contribution is 6.30. The summed E-state index contributed by atoms with van der Waals surface area (Å²) in [7, 11) is 0. The van der Waals surface area contributed by atoms with Crippen molar-refractivity contribution in [2.45, 2.75) is 13.3 Å². The van der Waals surface area contributed by atoms with Crippen molar-refractivity contribution >= 4 is 29.3 Å². The van der Waals surface area contributed by atoms with Crippen molar-refractivity contribution in [3.8, 4) is 11.8 Å². The summed E-state index contributed by atoms with van der Waals surface area (Å²) in [5.74, 6) is 0.296. The number of hydrogen-bond acceptors (Lipinski definition) is 3. The number of carbonyl (C=O) groups is 1. The van der Waals surface area contributed by atoms with Gasteiger partial charge in [-0.2, -0.15) is 5.26 Å². The Bertz CT molecular complexity index is 759. The molecule has 0 aliphatic carbocycles. The molecule has 2 rings (SSSR count). The monoisotopic (exact) mass is 340 g/mol. The van der Waals surface area contributed by atoms with Crippen LogP contribution in [-0.2, 0) is 4.79 Å². The molecule has 2 aromatic carbocycles. The molecule has 0 heterocycles. The van der Waals surface area contributed by atoms with Crippen molar-refractivity contribution in [2.24, 2.45) is 0 Å². The zero-order chi connectivity index (χ0) is 17.4. The van der Waals surface area contributed by atoms with Crippen LogP contribution in [0.2, 0.25) is 5.02 Å². The second kappa shape index (κ2) is 8.76. The number of ether oxygens (including phenoxy) is 1. The van der Waals surface area contributed by atoms with Crippen molar-refractivity contribution < 1.29 is 9.53 Å². The van der Waals surface area contributed by atoms with E-state index in [9.17, 15) is 10.1 Å². The summed E-state index contributed by atoms with van der Waals surface area (Å²) in [6.45, 7) is 2.69. The van der Waals surface area contributed by atoms with E-state index in [2.05, 4.69) is 5.32 Å². The first-order valence-corrected chi connectivity index (χ1v) is 7.91. The molecule has 5 heteroatoms. The summed E-state index contributed by atoms with van der Waals surface area (Å²) >= 11 is 5.80. The van der Waals surface area contributed by atoms with Gasteiger partial charge >= 0.3 is 0 Å². The number of amides is 1. The third kappa shape index (κ3) is 5.15. The minimum absolute atomic E-state index is 0.0205. The molecule has 0 aromatic heterocycles. The molecule has 0 spiro atoms. The number of nitrogens with zero attached hydrogens (tertiary/aromatic N) is 1. The van der Waals surface area contributed by atoms with Gasteiger partial charge in [0.1, 0.15) is 17.4 Å². The molecule has 0 saturated carbocycles. The molecule has 0 radical (unpaired) electrons. The van der Waals surface area contributed by atoms with Crippen LogP contribution in [0.25, 0.3) is 6.08 Å². The third-order valence-corrected chi connectivity index (χ3v) is 3.38. The molecule has 0 fully saturated rings. The van der Waals surface area contributed by atoms with E-state index in [1.807, 2.05) is 25.1 Å². The highest BCUT2D eigenvalue weighted by Crippen LogP contribution is 2.17. The molecule has 0 saturated heterocycles. The van der Waals surface area contributed by atoms with Crippen LogP contribution in [0.3, 0.4) is 0 Å². The lowest BCUT2D eigenvalue weighted by atomic mass is 10.1. The Morgan fingerprint density at radius 2 is 1.88 bits per heavy atom. The van der Waals surface area contributed by atoms with Crippen molar-refractivity contribution in [3.63, 3.8) is 0 Å². The largest absolute Gasteiger partial charge is 0.494 e. The molecule has 2 aromatic rings. The molecule has 0 bridgehead atoms. The van der Waals surface area contributed by atoms with E-state index in [0.29, 0.717) is 17.3 Å². The number of anilines is 1. The van der Waals surface area contributed by atoms with Gasteiger partial charge in [-0.3, -0.25) is 4.79 Å². The van der Waals surface area contributed by atoms with Crippen LogP contribution in [0.15, 0.2) is 54.1 Å². The van der Waals surface area contributed by atoms with Crippen LogP contribution in [0.1, 0.15) is 18.9 Å². The second-order valence-electron chi connectivity index (χ2n) is 5.05. The van der Waals surface area contributed by atoms with E-state index in [1.165, 1.54) is 6.08 Å². The summed E-state index contributed by atoms with van der Waals surface area (Å²) in [6.07, 6.45) is 2.47. The number of carbonyl (C=O) groups excluding carboxylic acids is 1. The van der Waals surface area contributed by atoms with Gasteiger partial charge in [-0.25, -0.2) is 0 Å². The van der Waals surface area contributed by atoms with E-state index in [-0.39, 0.29) is 5.57 Å². The smallest absolute Gasteiger partial charge is 0.266 e. The van der Waals surface area contributed by atoms with Gasteiger partial charge in [0.25, 0.3) is 5.91 Å². The van der Waals surface area contributed by atoms with Gasteiger partial charge in [0, 0.05) is 10.7 Å². The molecular formula is C19H17ClN2O2. The zero-order valence-electron chi connectivity index (χ0n) is 13.3. The van der Waals surface area contributed by atoms with Crippen LogP contribution in [0.5, 0.6) is 5.75 Å². The number of rotatable bonds is 6. The van der Waals surface area contributed by atoms with E-state index < -0.39 is 5.91 Å². The highest BCUT2D eigenvalue weighted by Gasteiger charge is 2.09. The minimum atomic E-state index is -0.467. The number of benzene rings is 2. The molecule has 1 amide bonds. The average Bonchev–Trinajstić information content (AvgIpc) is 2.60. The Kier molecular flexibility index (Phi) is 6.41. The fourth-order valence-corrected chi connectivity index (χ4v) is 2.05. The number of hydrogen-bond donors (Lipinski definition) is 1. The predicted molar refractivity (Wildman–Crippen MR) is 95.9 cm³/mol. The van der Waals surface area contributed by atoms with Gasteiger partial charge in [0.15, 0.2) is 0 Å². The van der Waals surface area contributed by atoms with Crippen LogP contribution >= 0.6 is 11.6 Å². The summed E-state index contributed by atoms with van der Waals surface area (Å²) < 4.78 is 5.50. The summed E-state index contributed by atoms with van der Waals surface area (Å²) in [4.78, 5) is 12.2. The fourth-order valence-electron chi connectivity index (χ4n) is 1.93. The quantitative estimate of drug-likeness (QED) is 0.613. The normalized spacial score (nSPS) is 10.8. The predicted octanol–water partition coefficient (Wildman–Crippen LogP) is 4.67. The van der Waals surface area contributed by atoms with Gasteiger partial charge in [-0.15, -0.1) is 0 Å². The Hall–Kier alpha value is -2.77. The molecule has 0 unspecified atom stereocenters. The average molecular weight is 341 g/mol. The van der Waals surface area contributed by atoms with E-state index in [0.717, 1.165) is 17.7 Å². The highest BCUT2D eigenvalue weighted by atomic mass is 35.5. The number of halogens is 1. The molecule has 4 nitrogen and oxygen atoms in total. The third-order valence-electron chi connectivity index (χ3n) is 3.13. The Morgan fingerprint density at radius 3 is 2.46 bits per heavy atom. The Balaban J connectivity index is 2.09. The van der Waals surface area contributed by atoms with Crippen molar-refractivity contribution in [1.29, 1.82) is 5.26 Å². The first-order chi connectivity index (χ1) is 11.6. The number of nitriles is 1. The zero-order valence-corrected chi connectivity index (χ0v) is 14.0. The standard InChI is InChI=1S/C19H17ClN2O2/c1-2-11-24-18-9-3-14(4-10-18)12-15(13-21)19(23)22-17-7-5-16(20)6-8-17/h3-10,12H,2,11H2,1H3,(H,22,23)/b15-12+. The molecule has 24 heavy (non-hydrogen) atoms. The van der Waals surface area contributed by atoms with Gasteiger partial charge in [-0.05, 0) is 54.5 Å².